The molecule has 0 aromatic heterocycles. The fraction of sp³-hybridized carbons (Fsp3) is 0.0968. The Balaban J connectivity index is 0.000000180. The summed E-state index contributed by atoms with van der Waals surface area (Å²) in [4.78, 5) is 28.7. The van der Waals surface area contributed by atoms with Crippen molar-refractivity contribution >= 4 is 86.8 Å². The minimum absolute atomic E-state index is 0.0668. The summed E-state index contributed by atoms with van der Waals surface area (Å²) in [6.07, 6.45) is -6.07. The van der Waals surface area contributed by atoms with Crippen LogP contribution < -0.4 is 46.5 Å². The summed E-state index contributed by atoms with van der Waals surface area (Å²) in [6.45, 7) is 0. The molecule has 0 radical (unpaired) electrons. The molecular weight excluding hydrogens is 1110 g/mol. The van der Waals surface area contributed by atoms with Gasteiger partial charge in [-0.3, -0.25) is 18.0 Å². The Morgan fingerprint density at radius 3 is 0.900 bits per heavy atom. The van der Waals surface area contributed by atoms with E-state index < -0.39 is 72.7 Å². The van der Waals surface area contributed by atoms with E-state index >= 15 is 0 Å². The van der Waals surface area contributed by atoms with Crippen LogP contribution in [0.25, 0.3) is 0 Å². The van der Waals surface area contributed by atoms with Crippen molar-refractivity contribution in [2.75, 3.05) is 24.8 Å². The highest BCUT2D eigenvalue weighted by Gasteiger charge is 2.49. The van der Waals surface area contributed by atoms with E-state index in [2.05, 4.69) is 77.5 Å². The molecular formula is C62H51BF6O7P2S2. The van der Waals surface area contributed by atoms with Crippen LogP contribution in [0.4, 0.5) is 26.3 Å². The maximum absolute atomic E-state index is 13.7. The Morgan fingerprint density at radius 2 is 0.675 bits per heavy atom. The number of rotatable bonds is 16. The first-order chi connectivity index (χ1) is 38.2. The van der Waals surface area contributed by atoms with Gasteiger partial charge in [-0.25, -0.2) is 0 Å². The number of hydrogen-bond acceptors (Lipinski definition) is 7. The maximum Gasteiger partial charge on any atom is 0.416 e. The average molecular weight is 1160 g/mol. The molecule has 0 fully saturated rings. The fourth-order valence-corrected chi connectivity index (χ4v) is 18.3. The van der Waals surface area contributed by atoms with Crippen molar-refractivity contribution in [2.24, 2.45) is 0 Å². The van der Waals surface area contributed by atoms with E-state index in [0.29, 0.717) is 33.2 Å². The van der Waals surface area contributed by atoms with Crippen LogP contribution in [0.3, 0.4) is 0 Å². The first-order valence-corrected chi connectivity index (χ1v) is 31.6. The molecule has 0 N–H and O–H groups in total. The minimum Gasteiger partial charge on any atom is -0.860 e. The Bertz CT molecular complexity index is 3110. The molecule has 408 valence electrons. The Labute approximate surface area is 467 Å². The monoisotopic (exact) mass is 1160 g/mol. The molecule has 0 saturated carbocycles. The molecule has 2 unspecified atom stereocenters. The number of alkyl halides is 6. The first-order valence-electron chi connectivity index (χ1n) is 24.5. The lowest BCUT2D eigenvalue weighted by atomic mass is 10.1. The van der Waals surface area contributed by atoms with E-state index in [1.807, 2.05) is 133 Å². The van der Waals surface area contributed by atoms with Crippen LogP contribution in [-0.4, -0.2) is 52.1 Å². The van der Waals surface area contributed by atoms with Crippen molar-refractivity contribution in [1.29, 1.82) is 0 Å². The van der Waals surface area contributed by atoms with Gasteiger partial charge in [-0.1, -0.05) is 133 Å². The van der Waals surface area contributed by atoms with E-state index in [-0.39, 0.29) is 29.8 Å². The molecule has 0 aliphatic carbocycles. The summed E-state index contributed by atoms with van der Waals surface area (Å²) in [5, 5.41) is 27.2. The van der Waals surface area contributed by atoms with Crippen LogP contribution >= 0.6 is 14.5 Å². The normalized spacial score (nSPS) is 12.3. The molecule has 9 aromatic carbocycles. The summed E-state index contributed by atoms with van der Waals surface area (Å²) in [5.41, 5.74) is -2.10. The molecule has 0 bridgehead atoms. The number of Topliss-reactive ketones (excluding diaryl/α,β-unsaturated/α-hetero) is 2. The fourth-order valence-electron chi connectivity index (χ4n) is 8.95. The third-order valence-electron chi connectivity index (χ3n) is 12.7. The van der Waals surface area contributed by atoms with Gasteiger partial charge >= 0.3 is 12.4 Å². The van der Waals surface area contributed by atoms with Crippen LogP contribution in [0.5, 0.6) is 5.75 Å². The summed E-state index contributed by atoms with van der Waals surface area (Å²) < 4.78 is 101. The average Bonchev–Trinajstić information content (AvgIpc) is 3.64. The third-order valence-corrected chi connectivity index (χ3v) is 23.1. The van der Waals surface area contributed by atoms with Crippen molar-refractivity contribution in [3.63, 3.8) is 0 Å². The van der Waals surface area contributed by atoms with Gasteiger partial charge in [0.15, 0.2) is 0 Å². The largest absolute Gasteiger partial charge is 0.860 e. The van der Waals surface area contributed by atoms with Crippen molar-refractivity contribution < 1.29 is 59.1 Å². The number of benzene rings is 9. The van der Waals surface area contributed by atoms with Gasteiger partial charge in [-0.05, 0) is 115 Å². The molecule has 0 amide bonds. The molecule has 9 rings (SSSR count). The summed E-state index contributed by atoms with van der Waals surface area (Å²) in [5.74, 6) is -0.943. The lowest BCUT2D eigenvalue weighted by molar-refractivity contribution is -0.372. The number of hydrogen-bond donors (Lipinski definition) is 0. The molecule has 0 aliphatic heterocycles. The molecule has 0 spiro atoms. The quantitative estimate of drug-likeness (QED) is 0.0409. The molecule has 7 nitrogen and oxygen atoms in total. The number of carbonyl (C=O) groups excluding carboxylic acids is 2. The molecule has 0 aliphatic rings. The van der Waals surface area contributed by atoms with E-state index in [9.17, 15) is 54.4 Å². The van der Waals surface area contributed by atoms with Gasteiger partial charge in [0.05, 0.1) is 16.9 Å². The van der Waals surface area contributed by atoms with Crippen molar-refractivity contribution in [2.45, 2.75) is 22.1 Å². The van der Waals surface area contributed by atoms with Crippen molar-refractivity contribution in [3.8, 4) is 5.75 Å². The highest BCUT2D eigenvalue weighted by molar-refractivity contribution is 7.96. The van der Waals surface area contributed by atoms with Crippen LogP contribution in [0.1, 0.15) is 31.8 Å². The standard InChI is InChI=1S/2C27H24O2PS.C8H3BF6O3/c2*1-31(29)26-19-11-12-22(20-26)27(28)21-30(23-13-5-2-6-14-23,24-15-7-3-8-16-24)25-17-9-4-10-18-25;10-7(11,12)4-1-5(8(13,14)15)3-6(2-4)18-9(16)17/h2*2-20H,21H2,1H3;1-3H/q2*+1;-2. The SMILES string of the molecule is CS(=O)c1cccc(C(=O)C[P+](c2ccccc2)(c2ccccc2)c2ccccc2)c1.CS(=O)c1cccc(C(=O)C[P+](c2ccccc2)(c2ccccc2)c2ccccc2)c1.[O-]B([O-])Oc1cc(C(F)(F)F)cc(C(F)(F)F)c1. The number of ketones is 2. The highest BCUT2D eigenvalue weighted by Crippen LogP contribution is 2.57. The molecule has 2 atom stereocenters. The maximum atomic E-state index is 13.7. The van der Waals surface area contributed by atoms with Crippen LogP contribution in [0.15, 0.2) is 259 Å². The predicted octanol–water partition coefficient (Wildman–Crippen LogP) is 10.0. The summed E-state index contributed by atoms with van der Waals surface area (Å²) in [6, 6.07) is 76.8. The van der Waals surface area contributed by atoms with E-state index in [1.165, 1.54) is 31.8 Å². The first kappa shape index (κ1) is 60.5. The second kappa shape index (κ2) is 27.3. The molecule has 80 heavy (non-hydrogen) atoms. The zero-order chi connectivity index (χ0) is 57.5. The highest BCUT2D eigenvalue weighted by atomic mass is 32.2. The van der Waals surface area contributed by atoms with Gasteiger partial charge in [0.25, 0.3) is 0 Å². The lowest BCUT2D eigenvalue weighted by Gasteiger charge is -2.27. The molecule has 0 saturated heterocycles. The smallest absolute Gasteiger partial charge is 0.416 e. The van der Waals surface area contributed by atoms with E-state index in [1.54, 1.807) is 36.8 Å². The second-order valence-corrected chi connectivity index (χ2v) is 27.6. The molecule has 0 heterocycles. The van der Waals surface area contributed by atoms with Gasteiger partial charge in [0.2, 0.25) is 11.6 Å². The number of carbonyl (C=O) groups is 2. The van der Waals surface area contributed by atoms with Gasteiger partial charge < -0.3 is 14.7 Å². The zero-order valence-electron chi connectivity index (χ0n) is 43.0. The minimum atomic E-state index is -5.05. The molecule has 9 aromatic rings. The number of halogens is 6. The van der Waals surface area contributed by atoms with Crippen molar-refractivity contribution in [3.05, 3.63) is 271 Å². The second-order valence-electron chi connectivity index (χ2n) is 17.9. The van der Waals surface area contributed by atoms with Gasteiger partial charge in [-0.2, -0.15) is 26.3 Å². The van der Waals surface area contributed by atoms with Crippen LogP contribution in [0, 0.1) is 0 Å². The Morgan fingerprint density at radius 1 is 0.412 bits per heavy atom. The summed E-state index contributed by atoms with van der Waals surface area (Å²) in [7, 11) is -9.76. The third kappa shape index (κ3) is 15.2. The van der Waals surface area contributed by atoms with Crippen LogP contribution in [0.2, 0.25) is 0 Å². The van der Waals surface area contributed by atoms with Crippen molar-refractivity contribution in [1.82, 2.24) is 0 Å². The topological polar surface area (TPSA) is 124 Å². The lowest BCUT2D eigenvalue weighted by Crippen LogP contribution is -2.50. The molecule has 18 heteroatoms. The van der Waals surface area contributed by atoms with Gasteiger partial charge in [0, 0.05) is 55.0 Å². The Kier molecular flexibility index (Phi) is 20.7. The summed E-state index contributed by atoms with van der Waals surface area (Å²) >= 11 is 0. The van der Waals surface area contributed by atoms with Gasteiger partial charge in [0.1, 0.15) is 66.0 Å². The van der Waals surface area contributed by atoms with E-state index in [0.717, 1.165) is 0 Å². The zero-order valence-corrected chi connectivity index (χ0v) is 46.4. The van der Waals surface area contributed by atoms with Gasteiger partial charge in [-0.15, -0.1) is 0 Å². The predicted molar refractivity (Wildman–Crippen MR) is 309 cm³/mol. The van der Waals surface area contributed by atoms with Crippen LogP contribution in [-0.2, 0) is 34.0 Å². The van der Waals surface area contributed by atoms with E-state index in [4.69, 9.17) is 0 Å². The Hall–Kier alpha value is -7.16.